The number of amides is 1. The zero-order valence-corrected chi connectivity index (χ0v) is 16.2. The molecule has 5 heteroatoms. The van der Waals surface area contributed by atoms with Crippen LogP contribution >= 0.6 is 0 Å². The van der Waals surface area contributed by atoms with Gasteiger partial charge in [0.1, 0.15) is 0 Å². The van der Waals surface area contributed by atoms with Gasteiger partial charge in [-0.3, -0.25) is 4.79 Å². The first-order valence-corrected chi connectivity index (χ1v) is 9.81. The van der Waals surface area contributed by atoms with Crippen LogP contribution in [0.15, 0.2) is 18.2 Å². The zero-order chi connectivity index (χ0) is 18.3. The van der Waals surface area contributed by atoms with Crippen LogP contribution in [0.25, 0.3) is 0 Å². The molecule has 3 atom stereocenters. The van der Waals surface area contributed by atoms with Crippen molar-refractivity contribution in [2.45, 2.75) is 56.0 Å². The van der Waals surface area contributed by atoms with Crippen molar-refractivity contribution in [3.63, 3.8) is 0 Å². The molecule has 2 saturated heterocycles. The summed E-state index contributed by atoms with van der Waals surface area (Å²) in [6, 6.07) is 7.31. The number of carbonyl (C=O) groups is 1. The van der Waals surface area contributed by atoms with Crippen LogP contribution in [0.2, 0.25) is 0 Å². The van der Waals surface area contributed by atoms with Crippen molar-refractivity contribution in [1.82, 2.24) is 9.80 Å². The first kappa shape index (κ1) is 17.7. The van der Waals surface area contributed by atoms with Crippen molar-refractivity contribution in [3.8, 4) is 11.5 Å². The third-order valence-electron chi connectivity index (χ3n) is 7.01. The molecule has 4 rings (SSSR count). The van der Waals surface area contributed by atoms with Gasteiger partial charge >= 0.3 is 0 Å². The van der Waals surface area contributed by atoms with Gasteiger partial charge in [-0.1, -0.05) is 6.07 Å². The molecule has 1 saturated carbocycles. The number of nitrogens with zero attached hydrogens (tertiary/aromatic N) is 2. The lowest BCUT2D eigenvalue weighted by Crippen LogP contribution is -2.52. The Morgan fingerprint density at radius 2 is 1.92 bits per heavy atom. The van der Waals surface area contributed by atoms with Crippen molar-refractivity contribution < 1.29 is 14.3 Å². The summed E-state index contributed by atoms with van der Waals surface area (Å²) in [6.07, 6.45) is 6.24. The van der Waals surface area contributed by atoms with Gasteiger partial charge in [0.2, 0.25) is 5.91 Å². The molecule has 0 aromatic heterocycles. The summed E-state index contributed by atoms with van der Waals surface area (Å²) in [6.45, 7) is 2.06. The molecule has 0 radical (unpaired) electrons. The summed E-state index contributed by atoms with van der Waals surface area (Å²) in [4.78, 5) is 16.9. The molecule has 1 amide bonds. The number of hydrogen-bond acceptors (Lipinski definition) is 4. The van der Waals surface area contributed by atoms with Crippen LogP contribution in [0.1, 0.15) is 44.1 Å². The first-order valence-electron chi connectivity index (χ1n) is 9.81. The third kappa shape index (κ3) is 2.68. The Bertz CT molecular complexity index is 692. The summed E-state index contributed by atoms with van der Waals surface area (Å²) in [5.41, 5.74) is 1.52. The largest absolute Gasteiger partial charge is 0.493 e. The van der Waals surface area contributed by atoms with Crippen molar-refractivity contribution >= 4 is 5.91 Å². The topological polar surface area (TPSA) is 42.0 Å². The SMILES string of the molecule is COc1ccc([C@@]23CC[C@@H](N4CCCC4=O)C[C@@H]2N(C)CC3)cc1OC. The molecule has 0 bridgehead atoms. The number of likely N-dealkylation sites (tertiary alicyclic amines) is 2. The number of carbonyl (C=O) groups excluding carboxylic acids is 1. The highest BCUT2D eigenvalue weighted by Gasteiger charge is 2.51. The lowest BCUT2D eigenvalue weighted by atomic mass is 9.65. The number of fused-ring (bicyclic) bond motifs is 1. The van der Waals surface area contributed by atoms with Gasteiger partial charge in [-0.25, -0.2) is 0 Å². The average Bonchev–Trinajstić information content (AvgIpc) is 3.25. The summed E-state index contributed by atoms with van der Waals surface area (Å²) in [7, 11) is 5.62. The molecule has 5 nitrogen and oxygen atoms in total. The Kier molecular flexibility index (Phi) is 4.59. The Morgan fingerprint density at radius 3 is 2.62 bits per heavy atom. The molecular formula is C21H30N2O3. The van der Waals surface area contributed by atoms with Crippen LogP contribution in [0, 0.1) is 0 Å². The number of rotatable bonds is 4. The number of methoxy groups -OCH3 is 2. The number of hydrogen-bond donors (Lipinski definition) is 0. The van der Waals surface area contributed by atoms with Crippen LogP contribution < -0.4 is 9.47 Å². The second-order valence-electron chi connectivity index (χ2n) is 8.09. The van der Waals surface area contributed by atoms with Gasteiger partial charge in [-0.2, -0.15) is 0 Å². The number of ether oxygens (including phenoxy) is 2. The molecule has 1 aromatic rings. The maximum Gasteiger partial charge on any atom is 0.222 e. The minimum absolute atomic E-state index is 0.160. The highest BCUT2D eigenvalue weighted by Crippen LogP contribution is 2.50. The lowest BCUT2D eigenvalue weighted by Gasteiger charge is -2.47. The minimum atomic E-state index is 0.160. The smallest absolute Gasteiger partial charge is 0.222 e. The Labute approximate surface area is 156 Å². The standard InChI is InChI=1S/C21H30N2O3/c1-22-12-10-21(15-6-7-17(25-2)18(13-15)26-3)9-8-16(14-19(21)22)23-11-4-5-20(23)24/h6-7,13,16,19H,4-5,8-12,14H2,1-3H3/t16-,19+,21+/m1/s1. The summed E-state index contributed by atoms with van der Waals surface area (Å²) < 4.78 is 11.0. The molecule has 2 aliphatic heterocycles. The van der Waals surface area contributed by atoms with Crippen molar-refractivity contribution in [1.29, 1.82) is 0 Å². The lowest BCUT2D eigenvalue weighted by molar-refractivity contribution is -0.130. The maximum absolute atomic E-state index is 12.2. The van der Waals surface area contributed by atoms with Gasteiger partial charge in [0.05, 0.1) is 14.2 Å². The maximum atomic E-state index is 12.2. The van der Waals surface area contributed by atoms with Crippen LogP contribution in [-0.2, 0) is 10.2 Å². The molecule has 1 aromatic carbocycles. The normalized spacial score (nSPS) is 32.0. The van der Waals surface area contributed by atoms with Crippen molar-refractivity contribution in [2.75, 3.05) is 34.4 Å². The quantitative estimate of drug-likeness (QED) is 0.830. The molecule has 3 aliphatic rings. The van der Waals surface area contributed by atoms with E-state index in [1.165, 1.54) is 12.0 Å². The molecule has 2 heterocycles. The van der Waals surface area contributed by atoms with Crippen molar-refractivity contribution in [2.24, 2.45) is 0 Å². The highest BCUT2D eigenvalue weighted by atomic mass is 16.5. The predicted molar refractivity (Wildman–Crippen MR) is 101 cm³/mol. The van der Waals surface area contributed by atoms with Crippen LogP contribution in [0.4, 0.5) is 0 Å². The summed E-state index contributed by atoms with van der Waals surface area (Å²) in [5.74, 6) is 1.95. The number of benzene rings is 1. The van der Waals surface area contributed by atoms with E-state index >= 15 is 0 Å². The Balaban J connectivity index is 1.64. The van der Waals surface area contributed by atoms with E-state index < -0.39 is 0 Å². The van der Waals surface area contributed by atoms with E-state index in [0.29, 0.717) is 18.0 Å². The zero-order valence-electron chi connectivity index (χ0n) is 16.2. The van der Waals surface area contributed by atoms with Gasteiger partial charge < -0.3 is 19.3 Å². The Hall–Kier alpha value is -1.75. The van der Waals surface area contributed by atoms with Gasteiger partial charge in [-0.15, -0.1) is 0 Å². The second kappa shape index (κ2) is 6.76. The number of likely N-dealkylation sites (N-methyl/N-ethyl adjacent to an activating group) is 1. The minimum Gasteiger partial charge on any atom is -0.493 e. The van der Waals surface area contributed by atoms with Gasteiger partial charge in [0.15, 0.2) is 11.5 Å². The van der Waals surface area contributed by atoms with Crippen LogP contribution in [0.5, 0.6) is 11.5 Å². The fraction of sp³-hybridized carbons (Fsp3) is 0.667. The molecule has 26 heavy (non-hydrogen) atoms. The predicted octanol–water partition coefficient (Wildman–Crippen LogP) is 2.82. The van der Waals surface area contributed by atoms with Crippen LogP contribution in [0.3, 0.4) is 0 Å². The van der Waals surface area contributed by atoms with E-state index in [1.54, 1.807) is 14.2 Å². The van der Waals surface area contributed by atoms with E-state index in [0.717, 1.165) is 56.7 Å². The molecule has 142 valence electrons. The molecule has 1 aliphatic carbocycles. The molecule has 0 unspecified atom stereocenters. The monoisotopic (exact) mass is 358 g/mol. The fourth-order valence-electron chi connectivity index (χ4n) is 5.58. The van der Waals surface area contributed by atoms with Gasteiger partial charge in [0.25, 0.3) is 0 Å². The van der Waals surface area contributed by atoms with Gasteiger partial charge in [0, 0.05) is 30.5 Å². The third-order valence-corrected chi connectivity index (χ3v) is 7.01. The summed E-state index contributed by atoms with van der Waals surface area (Å²) in [5, 5.41) is 0. The molecule has 0 N–H and O–H groups in total. The summed E-state index contributed by atoms with van der Waals surface area (Å²) >= 11 is 0. The first-order chi connectivity index (χ1) is 12.6. The molecule has 3 fully saturated rings. The molecule has 0 spiro atoms. The fourth-order valence-corrected chi connectivity index (χ4v) is 5.58. The van der Waals surface area contributed by atoms with E-state index in [9.17, 15) is 4.79 Å². The van der Waals surface area contributed by atoms with E-state index in [1.807, 2.05) is 6.07 Å². The second-order valence-corrected chi connectivity index (χ2v) is 8.09. The van der Waals surface area contributed by atoms with Crippen LogP contribution in [-0.4, -0.2) is 62.1 Å². The van der Waals surface area contributed by atoms with E-state index in [4.69, 9.17) is 9.47 Å². The highest BCUT2D eigenvalue weighted by molar-refractivity contribution is 5.78. The van der Waals surface area contributed by atoms with Crippen molar-refractivity contribution in [3.05, 3.63) is 23.8 Å². The van der Waals surface area contributed by atoms with E-state index in [-0.39, 0.29) is 5.41 Å². The Morgan fingerprint density at radius 1 is 1.12 bits per heavy atom. The van der Waals surface area contributed by atoms with E-state index in [2.05, 4.69) is 29.0 Å². The molecular weight excluding hydrogens is 328 g/mol. The van der Waals surface area contributed by atoms with Gasteiger partial charge in [-0.05, 0) is 63.4 Å². The average molecular weight is 358 g/mol.